The van der Waals surface area contributed by atoms with E-state index in [1.54, 1.807) is 0 Å². The van der Waals surface area contributed by atoms with Crippen LogP contribution in [0.5, 0.6) is 0 Å². The van der Waals surface area contributed by atoms with Crippen molar-refractivity contribution in [2.24, 2.45) is 5.41 Å². The van der Waals surface area contributed by atoms with Gasteiger partial charge in [-0.1, -0.05) is 18.2 Å². The van der Waals surface area contributed by atoms with E-state index in [9.17, 15) is 0 Å². The molecule has 1 aromatic carbocycles. The van der Waals surface area contributed by atoms with Gasteiger partial charge >= 0.3 is 0 Å². The molecule has 0 unspecified atom stereocenters. The zero-order chi connectivity index (χ0) is 16.2. The lowest BCUT2D eigenvalue weighted by Crippen LogP contribution is -2.53. The summed E-state index contributed by atoms with van der Waals surface area (Å²) in [6.45, 7) is 11.0. The number of piperidine rings is 2. The quantitative estimate of drug-likeness (QED) is 0.918. The van der Waals surface area contributed by atoms with Crippen molar-refractivity contribution in [2.45, 2.75) is 25.7 Å². The maximum atomic E-state index is 3.52. The van der Waals surface area contributed by atoms with Crippen molar-refractivity contribution in [1.82, 2.24) is 15.1 Å². The molecule has 0 saturated carbocycles. The molecule has 3 aliphatic heterocycles. The van der Waals surface area contributed by atoms with Crippen molar-refractivity contribution in [2.75, 3.05) is 63.9 Å². The second-order valence-corrected chi connectivity index (χ2v) is 7.95. The minimum atomic E-state index is 0.674. The normalized spacial score (nSPS) is 25.9. The van der Waals surface area contributed by atoms with Crippen LogP contribution in [0.25, 0.3) is 0 Å². The van der Waals surface area contributed by atoms with Crippen LogP contribution in [0.1, 0.15) is 25.7 Å². The summed E-state index contributed by atoms with van der Waals surface area (Å²) in [5.41, 5.74) is 2.05. The molecular formula is C20H32N4. The Morgan fingerprint density at radius 2 is 1.38 bits per heavy atom. The molecule has 3 fully saturated rings. The van der Waals surface area contributed by atoms with Gasteiger partial charge in [-0.15, -0.1) is 0 Å². The van der Waals surface area contributed by atoms with Gasteiger partial charge in [0, 0.05) is 31.9 Å². The first-order chi connectivity index (χ1) is 11.8. The fourth-order valence-corrected chi connectivity index (χ4v) is 4.70. The molecule has 132 valence electrons. The second kappa shape index (κ2) is 7.42. The summed E-state index contributed by atoms with van der Waals surface area (Å²) in [5.74, 6) is 0. The van der Waals surface area contributed by atoms with Crippen LogP contribution in [-0.2, 0) is 0 Å². The summed E-state index contributed by atoms with van der Waals surface area (Å²) in [4.78, 5) is 7.88. The number of piperazine rings is 1. The molecule has 0 atom stereocenters. The first-order valence-electron chi connectivity index (χ1n) is 9.79. The van der Waals surface area contributed by atoms with Crippen LogP contribution < -0.4 is 10.2 Å². The molecule has 3 heterocycles. The summed E-state index contributed by atoms with van der Waals surface area (Å²) < 4.78 is 0. The van der Waals surface area contributed by atoms with Crippen molar-refractivity contribution < 1.29 is 0 Å². The SMILES string of the molecule is c1ccc(N2CCN(CN3CCC4(CCNCC4)CC3)CC2)cc1. The van der Waals surface area contributed by atoms with Crippen molar-refractivity contribution in [3.63, 3.8) is 0 Å². The Bertz CT molecular complexity index is 494. The highest BCUT2D eigenvalue weighted by atomic mass is 15.3. The first kappa shape index (κ1) is 16.4. The van der Waals surface area contributed by atoms with Crippen LogP contribution in [-0.4, -0.2) is 68.8 Å². The van der Waals surface area contributed by atoms with Gasteiger partial charge in [0.1, 0.15) is 0 Å². The molecule has 1 N–H and O–H groups in total. The molecule has 4 nitrogen and oxygen atoms in total. The van der Waals surface area contributed by atoms with Gasteiger partial charge in [-0.2, -0.15) is 0 Å². The van der Waals surface area contributed by atoms with Gasteiger partial charge in [0.15, 0.2) is 0 Å². The average Bonchev–Trinajstić information content (AvgIpc) is 2.66. The van der Waals surface area contributed by atoms with Gasteiger partial charge in [-0.05, 0) is 69.4 Å². The number of anilines is 1. The molecule has 3 aliphatic rings. The van der Waals surface area contributed by atoms with Crippen LogP contribution in [0.4, 0.5) is 5.69 Å². The predicted octanol–water partition coefficient (Wildman–Crippen LogP) is 2.23. The highest BCUT2D eigenvalue weighted by Crippen LogP contribution is 2.39. The smallest absolute Gasteiger partial charge is 0.0507 e. The minimum Gasteiger partial charge on any atom is -0.369 e. The summed E-state index contributed by atoms with van der Waals surface area (Å²) in [6.07, 6.45) is 5.63. The largest absolute Gasteiger partial charge is 0.369 e. The van der Waals surface area contributed by atoms with Crippen molar-refractivity contribution in [3.8, 4) is 0 Å². The molecular weight excluding hydrogens is 296 g/mol. The fourth-order valence-electron chi connectivity index (χ4n) is 4.70. The van der Waals surface area contributed by atoms with Crippen molar-refractivity contribution >= 4 is 5.69 Å². The van der Waals surface area contributed by atoms with Gasteiger partial charge in [0.05, 0.1) is 6.67 Å². The Labute approximate surface area is 146 Å². The highest BCUT2D eigenvalue weighted by molar-refractivity contribution is 5.46. The lowest BCUT2D eigenvalue weighted by atomic mass is 9.72. The zero-order valence-corrected chi connectivity index (χ0v) is 14.9. The molecule has 4 rings (SSSR count). The zero-order valence-electron chi connectivity index (χ0n) is 14.9. The summed E-state index contributed by atoms with van der Waals surface area (Å²) in [7, 11) is 0. The minimum absolute atomic E-state index is 0.674. The third kappa shape index (κ3) is 3.76. The maximum Gasteiger partial charge on any atom is 0.0507 e. The average molecular weight is 329 g/mol. The van der Waals surface area contributed by atoms with Gasteiger partial charge in [0.2, 0.25) is 0 Å². The molecule has 3 saturated heterocycles. The predicted molar refractivity (Wildman–Crippen MR) is 100 cm³/mol. The molecule has 0 amide bonds. The van der Waals surface area contributed by atoms with Crippen LogP contribution in [0.15, 0.2) is 30.3 Å². The Morgan fingerprint density at radius 3 is 2.04 bits per heavy atom. The summed E-state index contributed by atoms with van der Waals surface area (Å²) >= 11 is 0. The number of nitrogens with one attached hydrogen (secondary N) is 1. The van der Waals surface area contributed by atoms with E-state index in [0.717, 1.165) is 13.1 Å². The second-order valence-electron chi connectivity index (χ2n) is 7.95. The van der Waals surface area contributed by atoms with E-state index in [1.807, 2.05) is 0 Å². The molecule has 1 aromatic rings. The van der Waals surface area contributed by atoms with Crippen LogP contribution in [0.3, 0.4) is 0 Å². The number of benzene rings is 1. The summed E-state index contributed by atoms with van der Waals surface area (Å²) in [5, 5.41) is 3.52. The third-order valence-electron chi connectivity index (χ3n) is 6.47. The first-order valence-corrected chi connectivity index (χ1v) is 9.79. The molecule has 0 radical (unpaired) electrons. The number of para-hydroxylation sites is 1. The summed E-state index contributed by atoms with van der Waals surface area (Å²) in [6, 6.07) is 10.9. The van der Waals surface area contributed by atoms with Crippen molar-refractivity contribution in [3.05, 3.63) is 30.3 Å². The topological polar surface area (TPSA) is 21.8 Å². The maximum absolute atomic E-state index is 3.52. The number of hydrogen-bond acceptors (Lipinski definition) is 4. The highest BCUT2D eigenvalue weighted by Gasteiger charge is 2.35. The molecule has 1 spiro atoms. The fraction of sp³-hybridized carbons (Fsp3) is 0.700. The Kier molecular flexibility index (Phi) is 5.06. The number of likely N-dealkylation sites (tertiary alicyclic amines) is 1. The molecule has 0 bridgehead atoms. The van der Waals surface area contributed by atoms with Gasteiger partial charge in [-0.3, -0.25) is 9.80 Å². The molecule has 4 heteroatoms. The Morgan fingerprint density at radius 1 is 0.750 bits per heavy atom. The van der Waals surface area contributed by atoms with Gasteiger partial charge in [-0.25, -0.2) is 0 Å². The van der Waals surface area contributed by atoms with E-state index >= 15 is 0 Å². The van der Waals surface area contributed by atoms with E-state index in [2.05, 4.69) is 50.3 Å². The van der Waals surface area contributed by atoms with Crippen LogP contribution in [0.2, 0.25) is 0 Å². The number of rotatable bonds is 3. The van der Waals surface area contributed by atoms with Crippen LogP contribution >= 0.6 is 0 Å². The van der Waals surface area contributed by atoms with E-state index in [1.165, 1.54) is 77.3 Å². The molecule has 0 aliphatic carbocycles. The van der Waals surface area contributed by atoms with Gasteiger partial charge in [0.25, 0.3) is 0 Å². The van der Waals surface area contributed by atoms with Gasteiger partial charge < -0.3 is 10.2 Å². The lowest BCUT2D eigenvalue weighted by Gasteiger charge is -2.46. The molecule has 0 aromatic heterocycles. The van der Waals surface area contributed by atoms with E-state index in [4.69, 9.17) is 0 Å². The third-order valence-corrected chi connectivity index (χ3v) is 6.47. The van der Waals surface area contributed by atoms with E-state index < -0.39 is 0 Å². The molecule has 24 heavy (non-hydrogen) atoms. The number of nitrogens with zero attached hydrogens (tertiary/aromatic N) is 3. The monoisotopic (exact) mass is 328 g/mol. The Balaban J connectivity index is 1.22. The number of hydrogen-bond donors (Lipinski definition) is 1. The van der Waals surface area contributed by atoms with E-state index in [-0.39, 0.29) is 0 Å². The lowest BCUT2D eigenvalue weighted by molar-refractivity contribution is 0.0373. The standard InChI is InChI=1S/C20H32N4/c1-2-4-19(5-3-1)24-16-14-23(15-17-24)18-22-12-8-20(9-13-22)6-10-21-11-7-20/h1-5,21H,6-18H2. The van der Waals surface area contributed by atoms with E-state index in [0.29, 0.717) is 5.41 Å². The van der Waals surface area contributed by atoms with Crippen LogP contribution in [0, 0.1) is 5.41 Å². The van der Waals surface area contributed by atoms with Crippen molar-refractivity contribution in [1.29, 1.82) is 0 Å². The Hall–Kier alpha value is -1.10.